The quantitative estimate of drug-likeness (QED) is 0.315. The van der Waals surface area contributed by atoms with Gasteiger partial charge in [-0.25, -0.2) is 8.78 Å². The third-order valence-corrected chi connectivity index (χ3v) is 7.72. The highest BCUT2D eigenvalue weighted by Crippen LogP contribution is 2.51. The molecule has 30 heavy (non-hydrogen) atoms. The maximum Gasteiger partial charge on any atom is 0.416 e. The van der Waals surface area contributed by atoms with Crippen molar-refractivity contribution >= 4 is 32.0 Å². The van der Waals surface area contributed by atoms with Gasteiger partial charge in [0.25, 0.3) is 0 Å². The van der Waals surface area contributed by atoms with E-state index in [0.717, 1.165) is 42.5 Å². The van der Waals surface area contributed by atoms with Crippen molar-refractivity contribution in [2.75, 3.05) is 0 Å². The molecule has 0 saturated heterocycles. The molecule has 0 radical (unpaired) electrons. The van der Waals surface area contributed by atoms with Crippen LogP contribution < -0.4 is 4.72 Å². The van der Waals surface area contributed by atoms with Crippen molar-refractivity contribution in [3.63, 3.8) is 0 Å². The molecule has 0 heterocycles. The lowest BCUT2D eigenvalue weighted by Gasteiger charge is -2.47. The van der Waals surface area contributed by atoms with Gasteiger partial charge in [-0.1, -0.05) is 0 Å². The molecule has 0 bridgehead atoms. The Morgan fingerprint density at radius 3 is 2.17 bits per heavy atom. The fourth-order valence-corrected chi connectivity index (χ4v) is 5.88. The lowest BCUT2D eigenvalue weighted by atomic mass is 9.75. The maximum absolute atomic E-state index is 14.5. The minimum absolute atomic E-state index is 0.00542. The summed E-state index contributed by atoms with van der Waals surface area (Å²) in [6, 6.07) is 5.58. The zero-order valence-electron chi connectivity index (χ0n) is 15.0. The lowest BCUT2D eigenvalue weighted by molar-refractivity contribution is -0.137. The second-order valence-corrected chi connectivity index (χ2v) is 10.7. The lowest BCUT2D eigenvalue weighted by Crippen LogP contribution is -2.53. The van der Waals surface area contributed by atoms with Gasteiger partial charge < -0.3 is 0 Å². The molecule has 2 aromatic rings. The molecule has 1 aliphatic rings. The Kier molecular flexibility index (Phi) is 6.59. The topological polar surface area (TPSA) is 29.1 Å². The average Bonchev–Trinajstić information content (AvgIpc) is 2.61. The van der Waals surface area contributed by atoms with Gasteiger partial charge in [0.2, 0.25) is 0 Å². The zero-order chi connectivity index (χ0) is 22.3. The van der Waals surface area contributed by atoms with E-state index in [0.29, 0.717) is 0 Å². The molecule has 1 fully saturated rings. The van der Waals surface area contributed by atoms with Crippen molar-refractivity contribution in [1.29, 1.82) is 0 Å². The minimum Gasteiger partial charge on any atom is -0.256 e. The molecule has 2 aromatic carbocycles. The maximum atomic E-state index is 14.5. The highest BCUT2D eigenvalue weighted by molar-refractivity contribution is 8.01. The minimum atomic E-state index is -4.58. The summed E-state index contributed by atoms with van der Waals surface area (Å²) in [6.07, 6.45) is -4.73. The normalized spacial score (nSPS) is 23.1. The monoisotopic (exact) mass is 489 g/mol. The number of rotatable bonds is 6. The summed E-state index contributed by atoms with van der Waals surface area (Å²) in [5.74, 6) is -1.61. The van der Waals surface area contributed by atoms with Crippen molar-refractivity contribution in [3.05, 3.63) is 65.2 Å². The van der Waals surface area contributed by atoms with E-state index in [1.165, 1.54) is 9.24 Å². The van der Waals surface area contributed by atoms with E-state index in [-0.39, 0.29) is 35.2 Å². The van der Waals surface area contributed by atoms with E-state index in [1.807, 2.05) is 0 Å². The summed E-state index contributed by atoms with van der Waals surface area (Å²) in [7, 11) is -0.731. The Morgan fingerprint density at radius 2 is 1.63 bits per heavy atom. The summed E-state index contributed by atoms with van der Waals surface area (Å²) in [6.45, 7) is 0. The van der Waals surface area contributed by atoms with Crippen LogP contribution in [0.25, 0.3) is 0 Å². The Morgan fingerprint density at radius 1 is 1.03 bits per heavy atom. The predicted octanol–water partition coefficient (Wildman–Crippen LogP) is 5.81. The van der Waals surface area contributed by atoms with Crippen LogP contribution in [0.15, 0.2) is 47.4 Å². The molecule has 1 N–H and O–H groups in total. The van der Waals surface area contributed by atoms with Crippen molar-refractivity contribution in [2.45, 2.75) is 39.7 Å². The fourth-order valence-electron chi connectivity index (χ4n) is 3.29. The fraction of sp³-hybridized carbons (Fsp3) is 0.333. The van der Waals surface area contributed by atoms with Gasteiger partial charge in [-0.3, -0.25) is 8.93 Å². The Labute approximate surface area is 176 Å². The summed E-state index contributed by atoms with van der Waals surface area (Å²) >= 11 is 0.121. The van der Waals surface area contributed by atoms with Crippen molar-refractivity contribution in [2.24, 2.45) is 0 Å². The predicted molar refractivity (Wildman–Crippen MR) is 104 cm³/mol. The Bertz CT molecular complexity index is 941. The van der Waals surface area contributed by atoms with Crippen molar-refractivity contribution in [1.82, 2.24) is 4.72 Å². The molecule has 1 aliphatic carbocycles. The standard InChI is InChI=1S/C18H15F7NOPS2/c19-11-3-6-15(20)14(7-11)16(8-12(9-16)26-29-18(24,25)28)30(27)13-4-1-10(2-5-13)17(21,22)23/h1-7,12,26H,8-9,28H2. The average molecular weight is 489 g/mol. The molecule has 0 spiro atoms. The SMILES string of the molecule is O=S(c1ccc(C(F)(F)F)cc1)C1(c2cc(F)ccc2F)CC(NSC(F)(F)P)C1. The van der Waals surface area contributed by atoms with E-state index >= 15 is 0 Å². The molecule has 2 unspecified atom stereocenters. The third-order valence-electron chi connectivity index (χ3n) is 4.68. The van der Waals surface area contributed by atoms with Crippen LogP contribution >= 0.6 is 21.2 Å². The molecular formula is C18H15F7NOPS2. The number of benzene rings is 2. The Hall–Kier alpha value is -1.16. The number of hydrogen-bond donors (Lipinski definition) is 1. The van der Waals surface area contributed by atoms with Crippen LogP contribution in [-0.2, 0) is 21.7 Å². The molecule has 0 aliphatic heterocycles. The number of hydrogen-bond acceptors (Lipinski definition) is 3. The van der Waals surface area contributed by atoms with E-state index in [4.69, 9.17) is 0 Å². The van der Waals surface area contributed by atoms with Gasteiger partial charge in [-0.2, -0.15) is 22.0 Å². The molecule has 12 heteroatoms. The Balaban J connectivity index is 1.93. The molecule has 0 amide bonds. The summed E-state index contributed by atoms with van der Waals surface area (Å²) in [5.41, 5.74) is -1.15. The van der Waals surface area contributed by atoms with Gasteiger partial charge in [-0.05, 0) is 76.5 Å². The second kappa shape index (κ2) is 8.41. The van der Waals surface area contributed by atoms with Gasteiger partial charge in [0.15, 0.2) is 0 Å². The van der Waals surface area contributed by atoms with Crippen molar-refractivity contribution < 1.29 is 34.9 Å². The molecule has 0 aromatic heterocycles. The first-order valence-electron chi connectivity index (χ1n) is 8.47. The largest absolute Gasteiger partial charge is 0.416 e. The number of halogens is 7. The first-order chi connectivity index (χ1) is 13.8. The van der Waals surface area contributed by atoms with Crippen molar-refractivity contribution in [3.8, 4) is 0 Å². The van der Waals surface area contributed by atoms with E-state index < -0.39 is 50.0 Å². The van der Waals surface area contributed by atoms with Crippen LogP contribution in [0.5, 0.6) is 0 Å². The van der Waals surface area contributed by atoms with Crippen LogP contribution in [0.2, 0.25) is 0 Å². The summed E-state index contributed by atoms with van der Waals surface area (Å²) in [5, 5.41) is 0. The van der Waals surface area contributed by atoms with E-state index in [1.54, 1.807) is 0 Å². The van der Waals surface area contributed by atoms with Crippen LogP contribution in [0.4, 0.5) is 30.7 Å². The van der Waals surface area contributed by atoms with Crippen LogP contribution in [0, 0.1) is 11.6 Å². The molecular weight excluding hydrogens is 474 g/mol. The highest BCUT2D eigenvalue weighted by atomic mass is 32.2. The third kappa shape index (κ3) is 5.00. The highest BCUT2D eigenvalue weighted by Gasteiger charge is 2.53. The van der Waals surface area contributed by atoms with Gasteiger partial charge in [0.1, 0.15) is 11.6 Å². The molecule has 3 rings (SSSR count). The molecule has 2 atom stereocenters. The number of nitrogens with one attached hydrogen (secondary N) is 1. The van der Waals surface area contributed by atoms with Crippen LogP contribution in [-0.4, -0.2) is 15.2 Å². The summed E-state index contributed by atoms with van der Waals surface area (Å²) in [4.78, 5) is -3.16. The second-order valence-electron chi connectivity index (χ2n) is 6.80. The first kappa shape index (κ1) is 23.5. The van der Waals surface area contributed by atoms with E-state index in [2.05, 4.69) is 4.72 Å². The summed E-state index contributed by atoms with van der Waals surface area (Å²) < 4.78 is 107. The van der Waals surface area contributed by atoms with Gasteiger partial charge >= 0.3 is 11.2 Å². The van der Waals surface area contributed by atoms with Gasteiger partial charge in [0.05, 0.1) is 21.1 Å². The first-order valence-corrected chi connectivity index (χ1v) is 11.0. The molecule has 1 saturated carbocycles. The van der Waals surface area contributed by atoms with Gasteiger partial charge in [-0.15, -0.1) is 0 Å². The van der Waals surface area contributed by atoms with Gasteiger partial charge in [0, 0.05) is 16.5 Å². The zero-order valence-corrected chi connectivity index (χ0v) is 17.8. The molecule has 2 nitrogen and oxygen atoms in total. The number of alkyl halides is 5. The van der Waals surface area contributed by atoms with Crippen LogP contribution in [0.3, 0.4) is 0 Å². The smallest absolute Gasteiger partial charge is 0.256 e. The van der Waals surface area contributed by atoms with Crippen LogP contribution in [0.1, 0.15) is 24.0 Å². The van der Waals surface area contributed by atoms with E-state index in [9.17, 15) is 34.9 Å². The molecule has 164 valence electrons.